The summed E-state index contributed by atoms with van der Waals surface area (Å²) in [6.07, 6.45) is 2.92. The lowest BCUT2D eigenvalue weighted by Gasteiger charge is -2.33. The van der Waals surface area contributed by atoms with Gasteiger partial charge in [-0.05, 0) is 68.1 Å². The number of benzene rings is 2. The minimum Gasteiger partial charge on any atom is -0.504 e. The lowest BCUT2D eigenvalue weighted by Crippen LogP contribution is -2.49. The number of ether oxygens (including phenoxy) is 1. The summed E-state index contributed by atoms with van der Waals surface area (Å²) < 4.78 is 5.60. The number of halogens is 1. The van der Waals surface area contributed by atoms with E-state index < -0.39 is 0 Å². The summed E-state index contributed by atoms with van der Waals surface area (Å²) in [7, 11) is 0. The lowest BCUT2D eigenvalue weighted by atomic mass is 9.85. The van der Waals surface area contributed by atoms with Crippen LogP contribution in [0.5, 0.6) is 11.5 Å². The molecule has 30 heavy (non-hydrogen) atoms. The first-order valence-corrected chi connectivity index (χ1v) is 11.2. The lowest BCUT2D eigenvalue weighted by molar-refractivity contribution is -0.137. The van der Waals surface area contributed by atoms with E-state index >= 15 is 0 Å². The van der Waals surface area contributed by atoms with Crippen molar-refractivity contribution in [3.05, 3.63) is 58.6 Å². The molecule has 0 aliphatic carbocycles. The normalized spacial score (nSPS) is 28.1. The first-order valence-electron chi connectivity index (χ1n) is 10.8. The number of aromatic hydroxyl groups is 1. The highest BCUT2D eigenvalue weighted by atomic mass is 35.5. The van der Waals surface area contributed by atoms with Crippen molar-refractivity contribution in [3.63, 3.8) is 0 Å². The van der Waals surface area contributed by atoms with Gasteiger partial charge in [-0.1, -0.05) is 29.8 Å². The molecule has 1 spiro atoms. The molecular weight excluding hydrogens is 400 g/mol. The van der Waals surface area contributed by atoms with Crippen LogP contribution in [0.25, 0.3) is 0 Å². The van der Waals surface area contributed by atoms with Crippen molar-refractivity contribution < 1.29 is 14.6 Å². The van der Waals surface area contributed by atoms with Gasteiger partial charge in [-0.2, -0.15) is 0 Å². The zero-order chi connectivity index (χ0) is 20.9. The molecule has 3 aliphatic heterocycles. The molecule has 5 nitrogen and oxygen atoms in total. The molecule has 0 bridgehead atoms. The van der Waals surface area contributed by atoms with Crippen molar-refractivity contribution in [2.75, 3.05) is 19.7 Å². The second-order valence-electron chi connectivity index (χ2n) is 8.65. The fourth-order valence-corrected chi connectivity index (χ4v) is 6.11. The molecule has 2 aromatic carbocycles. The van der Waals surface area contributed by atoms with Gasteiger partial charge in [0.05, 0.1) is 6.61 Å². The average molecular weight is 427 g/mol. The van der Waals surface area contributed by atoms with Crippen molar-refractivity contribution in [1.82, 2.24) is 9.80 Å². The van der Waals surface area contributed by atoms with Crippen molar-refractivity contribution in [3.8, 4) is 11.5 Å². The number of amides is 1. The molecule has 5 rings (SSSR count). The Kier molecular flexibility index (Phi) is 4.91. The van der Waals surface area contributed by atoms with E-state index in [0.717, 1.165) is 43.5 Å². The molecule has 0 saturated carbocycles. The van der Waals surface area contributed by atoms with Crippen LogP contribution in [0.3, 0.4) is 0 Å². The molecule has 3 atom stereocenters. The Morgan fingerprint density at radius 2 is 2.13 bits per heavy atom. The molecule has 3 fully saturated rings. The van der Waals surface area contributed by atoms with Crippen molar-refractivity contribution in [1.29, 1.82) is 0 Å². The van der Waals surface area contributed by atoms with Crippen LogP contribution in [0.2, 0.25) is 5.02 Å². The molecule has 0 radical (unpaired) electrons. The summed E-state index contributed by atoms with van der Waals surface area (Å²) in [5.74, 6) is 1.27. The highest BCUT2D eigenvalue weighted by Gasteiger charge is 2.65. The first kappa shape index (κ1) is 19.7. The minimum atomic E-state index is -0.382. The van der Waals surface area contributed by atoms with E-state index in [2.05, 4.69) is 4.90 Å². The Hall–Kier alpha value is -2.24. The van der Waals surface area contributed by atoms with Crippen LogP contribution in [0.15, 0.2) is 42.5 Å². The summed E-state index contributed by atoms with van der Waals surface area (Å²) in [4.78, 5) is 18.1. The Bertz CT molecular complexity index is 981. The summed E-state index contributed by atoms with van der Waals surface area (Å²) in [5.41, 5.74) is 1.82. The van der Waals surface area contributed by atoms with E-state index in [-0.39, 0.29) is 23.2 Å². The number of nitrogens with zero attached hydrogens (tertiary/aromatic N) is 2. The van der Waals surface area contributed by atoms with E-state index in [4.69, 9.17) is 16.3 Å². The van der Waals surface area contributed by atoms with Crippen LogP contribution in [0.1, 0.15) is 43.4 Å². The fraction of sp³-hybridized carbons (Fsp3) is 0.458. The summed E-state index contributed by atoms with van der Waals surface area (Å²) in [6.45, 7) is 4.75. The molecule has 0 aromatic heterocycles. The van der Waals surface area contributed by atoms with Crippen molar-refractivity contribution in [2.45, 2.75) is 44.3 Å². The molecule has 3 heterocycles. The molecule has 158 valence electrons. The van der Waals surface area contributed by atoms with Gasteiger partial charge in [0.1, 0.15) is 5.54 Å². The Morgan fingerprint density at radius 1 is 1.27 bits per heavy atom. The van der Waals surface area contributed by atoms with E-state index in [9.17, 15) is 9.90 Å². The summed E-state index contributed by atoms with van der Waals surface area (Å²) in [5, 5.41) is 10.8. The SMILES string of the molecule is CCOc1cc([C@@H]2C[C@H]3CN(Cc4cccc(Cl)c4)C(=O)[C@]34CCCN24)ccc1O. The maximum atomic E-state index is 13.7. The number of phenols is 1. The largest absolute Gasteiger partial charge is 0.504 e. The van der Waals surface area contributed by atoms with E-state index in [0.29, 0.717) is 29.8 Å². The van der Waals surface area contributed by atoms with Crippen LogP contribution in [-0.4, -0.2) is 46.0 Å². The summed E-state index contributed by atoms with van der Waals surface area (Å²) >= 11 is 6.14. The first-order chi connectivity index (χ1) is 14.5. The maximum Gasteiger partial charge on any atom is 0.243 e. The number of hydrogen-bond donors (Lipinski definition) is 1. The molecule has 2 aromatic rings. The standard InChI is InChI=1S/C24H27ClN2O3/c1-2-30-22-12-17(7-8-21(22)28)20-13-18-15-26(14-16-5-3-6-19(25)11-16)23(29)24(18)9-4-10-27(20)24/h3,5-8,11-12,18,20,28H,2,4,9-10,13-15H2,1H3/t18-,20-,24-/m0/s1. The molecule has 6 heteroatoms. The van der Waals surface area contributed by atoms with Gasteiger partial charge in [-0.3, -0.25) is 9.69 Å². The second-order valence-corrected chi connectivity index (χ2v) is 9.08. The van der Waals surface area contributed by atoms with Crippen LogP contribution >= 0.6 is 11.6 Å². The zero-order valence-corrected chi connectivity index (χ0v) is 17.9. The predicted molar refractivity (Wildman–Crippen MR) is 116 cm³/mol. The van der Waals surface area contributed by atoms with Gasteiger partial charge < -0.3 is 14.7 Å². The van der Waals surface area contributed by atoms with Crippen molar-refractivity contribution >= 4 is 17.5 Å². The van der Waals surface area contributed by atoms with Gasteiger partial charge in [-0.15, -0.1) is 0 Å². The van der Waals surface area contributed by atoms with Crippen LogP contribution in [-0.2, 0) is 11.3 Å². The monoisotopic (exact) mass is 426 g/mol. The molecule has 1 N–H and O–H groups in total. The second kappa shape index (κ2) is 7.47. The van der Waals surface area contributed by atoms with E-state index in [1.807, 2.05) is 48.2 Å². The molecule has 1 amide bonds. The number of rotatable bonds is 5. The number of likely N-dealkylation sites (tertiary alicyclic amines) is 1. The predicted octanol–water partition coefficient (Wildman–Crippen LogP) is 4.38. The van der Waals surface area contributed by atoms with Crippen molar-refractivity contribution in [2.24, 2.45) is 5.92 Å². The highest BCUT2D eigenvalue weighted by molar-refractivity contribution is 6.30. The molecular formula is C24H27ClN2O3. The van der Waals surface area contributed by atoms with Gasteiger partial charge in [0.25, 0.3) is 0 Å². The number of carbonyl (C=O) groups is 1. The zero-order valence-electron chi connectivity index (χ0n) is 17.2. The minimum absolute atomic E-state index is 0.165. The van der Waals surface area contributed by atoms with Crippen LogP contribution in [0, 0.1) is 5.92 Å². The van der Waals surface area contributed by atoms with E-state index in [1.165, 1.54) is 0 Å². The van der Waals surface area contributed by atoms with Crippen LogP contribution < -0.4 is 4.74 Å². The fourth-order valence-electron chi connectivity index (χ4n) is 5.90. The number of carbonyl (C=O) groups excluding carboxylic acids is 1. The maximum absolute atomic E-state index is 13.7. The third-order valence-corrected chi connectivity index (χ3v) is 7.29. The quantitative estimate of drug-likeness (QED) is 0.770. The van der Waals surface area contributed by atoms with Crippen LogP contribution in [0.4, 0.5) is 0 Å². The third kappa shape index (κ3) is 2.98. The number of phenolic OH excluding ortho intramolecular Hbond substituents is 1. The van der Waals surface area contributed by atoms with Gasteiger partial charge in [0, 0.05) is 30.1 Å². The molecule has 3 saturated heterocycles. The van der Waals surface area contributed by atoms with Gasteiger partial charge in [0.2, 0.25) is 5.91 Å². The Labute approximate surface area is 182 Å². The smallest absolute Gasteiger partial charge is 0.243 e. The van der Waals surface area contributed by atoms with E-state index in [1.54, 1.807) is 6.07 Å². The molecule has 3 aliphatic rings. The summed E-state index contributed by atoms with van der Waals surface area (Å²) in [6, 6.07) is 13.6. The third-order valence-electron chi connectivity index (χ3n) is 7.06. The highest BCUT2D eigenvalue weighted by Crippen LogP contribution is 2.56. The van der Waals surface area contributed by atoms with Gasteiger partial charge in [0.15, 0.2) is 11.5 Å². The molecule has 0 unspecified atom stereocenters. The Morgan fingerprint density at radius 3 is 2.93 bits per heavy atom. The number of hydrogen-bond acceptors (Lipinski definition) is 4. The topological polar surface area (TPSA) is 53.0 Å². The van der Waals surface area contributed by atoms with Gasteiger partial charge in [-0.25, -0.2) is 0 Å². The van der Waals surface area contributed by atoms with Gasteiger partial charge >= 0.3 is 0 Å². The Balaban J connectivity index is 1.41. The average Bonchev–Trinajstić information content (AvgIpc) is 3.35.